The lowest BCUT2D eigenvalue weighted by Crippen LogP contribution is -2.50. The van der Waals surface area contributed by atoms with Gasteiger partial charge in [-0.15, -0.1) is 24.0 Å². The van der Waals surface area contributed by atoms with E-state index in [2.05, 4.69) is 67.7 Å². The van der Waals surface area contributed by atoms with E-state index in [0.717, 1.165) is 18.2 Å². The lowest BCUT2D eigenvalue weighted by Gasteiger charge is -2.28. The number of guanidine groups is 1. The molecule has 1 atom stereocenters. The number of anilines is 1. The van der Waals surface area contributed by atoms with Gasteiger partial charge in [0.2, 0.25) is 0 Å². The predicted octanol–water partition coefficient (Wildman–Crippen LogP) is 3.70. The van der Waals surface area contributed by atoms with Crippen molar-refractivity contribution in [1.82, 2.24) is 10.6 Å². The molecule has 0 spiro atoms. The molecule has 0 amide bonds. The van der Waals surface area contributed by atoms with Crippen LogP contribution in [0.1, 0.15) is 34.6 Å². The number of nitrogens with one attached hydrogen (secondary N) is 3. The van der Waals surface area contributed by atoms with Crippen LogP contribution in [-0.2, 0) is 0 Å². The molecule has 0 bridgehead atoms. The number of hydrogen-bond donors (Lipinski definition) is 3. The second-order valence-corrected chi connectivity index (χ2v) is 6.69. The smallest absolute Gasteiger partial charge is 0.191 e. The predicted molar refractivity (Wildman–Crippen MR) is 108 cm³/mol. The van der Waals surface area contributed by atoms with Crippen LogP contribution in [0.3, 0.4) is 0 Å². The molecule has 0 fully saturated rings. The number of benzene rings is 1. The molecular weight excluding hydrogens is 387 g/mol. The molecule has 0 radical (unpaired) electrons. The van der Waals surface area contributed by atoms with Crippen molar-refractivity contribution in [2.75, 3.05) is 18.9 Å². The summed E-state index contributed by atoms with van der Waals surface area (Å²) in [4.78, 5) is 4.28. The maximum Gasteiger partial charge on any atom is 0.191 e. The molecule has 0 heterocycles. The van der Waals surface area contributed by atoms with Crippen molar-refractivity contribution in [3.05, 3.63) is 30.3 Å². The Labute approximate surface area is 152 Å². The Morgan fingerprint density at radius 1 is 1.14 bits per heavy atom. The Morgan fingerprint density at radius 2 is 1.73 bits per heavy atom. The molecule has 4 nitrogen and oxygen atoms in total. The maximum atomic E-state index is 4.28. The minimum absolute atomic E-state index is 0. The summed E-state index contributed by atoms with van der Waals surface area (Å²) in [6.07, 6.45) is 0. The SMILES string of the molecule is CN=C(NCC(Nc1ccccc1)C(C)C)NC(C)(C)C.I. The van der Waals surface area contributed by atoms with Gasteiger partial charge in [-0.3, -0.25) is 4.99 Å². The molecule has 1 rings (SSSR count). The fraction of sp³-hybridized carbons (Fsp3) is 0.588. The summed E-state index contributed by atoms with van der Waals surface area (Å²) in [6, 6.07) is 10.7. The van der Waals surface area contributed by atoms with E-state index in [0.29, 0.717) is 12.0 Å². The average molecular weight is 418 g/mol. The molecule has 5 heteroatoms. The first-order chi connectivity index (χ1) is 9.81. The van der Waals surface area contributed by atoms with Crippen molar-refractivity contribution in [3.8, 4) is 0 Å². The maximum absolute atomic E-state index is 4.28. The molecule has 1 aromatic carbocycles. The summed E-state index contributed by atoms with van der Waals surface area (Å²) in [6.45, 7) is 11.7. The van der Waals surface area contributed by atoms with Crippen LogP contribution in [0.25, 0.3) is 0 Å². The zero-order valence-corrected chi connectivity index (χ0v) is 16.9. The third kappa shape index (κ3) is 8.46. The van der Waals surface area contributed by atoms with E-state index in [4.69, 9.17) is 0 Å². The molecule has 1 unspecified atom stereocenters. The van der Waals surface area contributed by atoms with Crippen molar-refractivity contribution in [2.24, 2.45) is 10.9 Å². The fourth-order valence-corrected chi connectivity index (χ4v) is 1.94. The van der Waals surface area contributed by atoms with Crippen molar-refractivity contribution in [2.45, 2.75) is 46.2 Å². The normalized spacial score (nSPS) is 13.3. The van der Waals surface area contributed by atoms with Crippen LogP contribution < -0.4 is 16.0 Å². The first kappa shape index (κ1) is 21.0. The number of para-hydroxylation sites is 1. The molecule has 22 heavy (non-hydrogen) atoms. The first-order valence-corrected chi connectivity index (χ1v) is 7.62. The molecule has 3 N–H and O–H groups in total. The number of aliphatic imine (C=N–C) groups is 1. The monoisotopic (exact) mass is 418 g/mol. The average Bonchev–Trinajstić information content (AvgIpc) is 2.41. The number of halogens is 1. The van der Waals surface area contributed by atoms with Gasteiger partial charge in [0.05, 0.1) is 0 Å². The largest absolute Gasteiger partial charge is 0.380 e. The summed E-state index contributed by atoms with van der Waals surface area (Å²) in [5.41, 5.74) is 1.15. The highest BCUT2D eigenvalue weighted by Gasteiger charge is 2.16. The zero-order valence-electron chi connectivity index (χ0n) is 14.6. The molecule has 0 aliphatic heterocycles. The van der Waals surface area contributed by atoms with Crippen LogP contribution in [0.2, 0.25) is 0 Å². The molecule has 1 aromatic rings. The van der Waals surface area contributed by atoms with E-state index in [1.165, 1.54) is 0 Å². The molecule has 0 saturated heterocycles. The summed E-state index contributed by atoms with van der Waals surface area (Å²) in [5, 5.41) is 10.4. The highest BCUT2D eigenvalue weighted by Crippen LogP contribution is 2.11. The topological polar surface area (TPSA) is 48.5 Å². The third-order valence-electron chi connectivity index (χ3n) is 3.14. The fourth-order valence-electron chi connectivity index (χ4n) is 1.94. The van der Waals surface area contributed by atoms with Crippen molar-refractivity contribution in [3.63, 3.8) is 0 Å². The van der Waals surface area contributed by atoms with Gasteiger partial charge >= 0.3 is 0 Å². The molecule has 0 aromatic heterocycles. The number of nitrogens with zero attached hydrogens (tertiary/aromatic N) is 1. The summed E-state index contributed by atoms with van der Waals surface area (Å²) >= 11 is 0. The zero-order chi connectivity index (χ0) is 15.9. The summed E-state index contributed by atoms with van der Waals surface area (Å²) < 4.78 is 0. The van der Waals surface area contributed by atoms with E-state index >= 15 is 0 Å². The van der Waals surface area contributed by atoms with Crippen molar-refractivity contribution >= 4 is 35.6 Å². The third-order valence-corrected chi connectivity index (χ3v) is 3.14. The van der Waals surface area contributed by atoms with Gasteiger partial charge in [0.1, 0.15) is 0 Å². The lowest BCUT2D eigenvalue weighted by molar-refractivity contribution is 0.483. The van der Waals surface area contributed by atoms with Gasteiger partial charge in [-0.2, -0.15) is 0 Å². The Bertz CT molecular complexity index is 438. The standard InChI is InChI=1S/C17H30N4.HI/c1-13(2)15(20-14-10-8-7-9-11-14)12-19-16(18-6)21-17(3,4)5;/h7-11,13,15,20H,12H2,1-6H3,(H2,18,19,21);1H. The molecule has 0 aliphatic rings. The second-order valence-electron chi connectivity index (χ2n) is 6.69. The van der Waals surface area contributed by atoms with Gasteiger partial charge in [-0.25, -0.2) is 0 Å². The molecular formula is C17H31IN4. The van der Waals surface area contributed by atoms with Crippen LogP contribution in [0.4, 0.5) is 5.69 Å². The quantitative estimate of drug-likeness (QED) is 0.388. The molecule has 126 valence electrons. The first-order valence-electron chi connectivity index (χ1n) is 7.62. The van der Waals surface area contributed by atoms with Gasteiger partial charge in [0.25, 0.3) is 0 Å². The van der Waals surface area contributed by atoms with Crippen molar-refractivity contribution < 1.29 is 0 Å². The van der Waals surface area contributed by atoms with Crippen LogP contribution >= 0.6 is 24.0 Å². The Hall–Kier alpha value is -0.980. The minimum atomic E-state index is 0. The van der Waals surface area contributed by atoms with Crippen LogP contribution in [0, 0.1) is 5.92 Å². The van der Waals surface area contributed by atoms with E-state index in [1.807, 2.05) is 18.2 Å². The summed E-state index contributed by atoms with van der Waals surface area (Å²) in [7, 11) is 1.80. The van der Waals surface area contributed by atoms with E-state index in [9.17, 15) is 0 Å². The second kappa shape index (κ2) is 9.92. The number of hydrogen-bond acceptors (Lipinski definition) is 2. The van der Waals surface area contributed by atoms with Gasteiger partial charge in [-0.05, 0) is 38.8 Å². The lowest BCUT2D eigenvalue weighted by atomic mass is 10.0. The Balaban J connectivity index is 0.00000441. The number of rotatable bonds is 5. The Morgan fingerprint density at radius 3 is 2.18 bits per heavy atom. The van der Waals surface area contributed by atoms with Gasteiger partial charge in [0, 0.05) is 30.9 Å². The van der Waals surface area contributed by atoms with Gasteiger partial charge < -0.3 is 16.0 Å². The Kier molecular flexibility index (Phi) is 9.48. The molecule has 0 aliphatic carbocycles. The highest BCUT2D eigenvalue weighted by molar-refractivity contribution is 14.0. The van der Waals surface area contributed by atoms with Crippen molar-refractivity contribution in [1.29, 1.82) is 0 Å². The van der Waals surface area contributed by atoms with E-state index < -0.39 is 0 Å². The van der Waals surface area contributed by atoms with E-state index in [1.54, 1.807) is 7.05 Å². The van der Waals surface area contributed by atoms with E-state index in [-0.39, 0.29) is 29.5 Å². The minimum Gasteiger partial charge on any atom is -0.380 e. The highest BCUT2D eigenvalue weighted by atomic mass is 127. The summed E-state index contributed by atoms with van der Waals surface area (Å²) in [5.74, 6) is 1.36. The van der Waals surface area contributed by atoms with Crippen LogP contribution in [0.5, 0.6) is 0 Å². The van der Waals surface area contributed by atoms with Gasteiger partial charge in [0.15, 0.2) is 5.96 Å². The molecule has 0 saturated carbocycles. The van der Waals surface area contributed by atoms with Crippen LogP contribution in [0.15, 0.2) is 35.3 Å². The van der Waals surface area contributed by atoms with Gasteiger partial charge in [-0.1, -0.05) is 32.0 Å². The van der Waals surface area contributed by atoms with Crippen LogP contribution in [-0.4, -0.2) is 31.1 Å².